The first kappa shape index (κ1) is 11.0. The van der Waals surface area contributed by atoms with Crippen molar-refractivity contribution in [2.45, 2.75) is 6.42 Å². The van der Waals surface area contributed by atoms with Crippen LogP contribution < -0.4 is 5.32 Å². The number of aliphatic hydroxyl groups is 1. The van der Waals surface area contributed by atoms with Gasteiger partial charge in [0.15, 0.2) is 0 Å². The Bertz CT molecular complexity index is 315. The minimum absolute atomic E-state index is 0.0620. The van der Waals surface area contributed by atoms with Gasteiger partial charge in [-0.05, 0) is 18.1 Å². The summed E-state index contributed by atoms with van der Waals surface area (Å²) in [7, 11) is 0. The molecule has 0 spiro atoms. The largest absolute Gasteiger partial charge is 0.396 e. The molecule has 0 saturated carbocycles. The average molecular weight is 214 g/mol. The molecule has 1 aromatic carbocycles. The first-order chi connectivity index (χ1) is 6.77. The van der Waals surface area contributed by atoms with E-state index in [2.05, 4.69) is 5.32 Å². The molecule has 76 valence electrons. The highest BCUT2D eigenvalue weighted by Crippen LogP contribution is 2.15. The van der Waals surface area contributed by atoms with Crippen molar-refractivity contribution in [3.63, 3.8) is 0 Å². The number of carbonyl (C=O) groups is 1. The smallest absolute Gasteiger partial charge is 0.239 e. The molecule has 0 unspecified atom stereocenters. The normalized spacial score (nSPS) is 9.86. The average Bonchev–Trinajstić information content (AvgIpc) is 2.21. The molecule has 0 heterocycles. The van der Waals surface area contributed by atoms with E-state index >= 15 is 0 Å². The van der Waals surface area contributed by atoms with Gasteiger partial charge in [-0.25, -0.2) is 0 Å². The lowest BCUT2D eigenvalue weighted by Gasteiger charge is -2.08. The minimum Gasteiger partial charge on any atom is -0.396 e. The molecular formula is C10H12ClNO2. The highest BCUT2D eigenvalue weighted by Gasteiger charge is 2.04. The van der Waals surface area contributed by atoms with Gasteiger partial charge in [-0.15, -0.1) is 11.6 Å². The zero-order valence-corrected chi connectivity index (χ0v) is 8.42. The molecular weight excluding hydrogens is 202 g/mol. The van der Waals surface area contributed by atoms with Crippen LogP contribution in [0.25, 0.3) is 0 Å². The van der Waals surface area contributed by atoms with E-state index in [-0.39, 0.29) is 18.4 Å². The fourth-order valence-electron chi connectivity index (χ4n) is 1.16. The van der Waals surface area contributed by atoms with Crippen LogP contribution >= 0.6 is 11.6 Å². The van der Waals surface area contributed by atoms with E-state index in [0.29, 0.717) is 12.1 Å². The number of para-hydroxylation sites is 1. The maximum Gasteiger partial charge on any atom is 0.239 e. The third-order valence-electron chi connectivity index (χ3n) is 1.79. The standard InChI is InChI=1S/C10H12ClNO2/c11-7-10(14)12-9-4-2-1-3-8(9)5-6-13/h1-4,13H,5-7H2,(H,12,14). The van der Waals surface area contributed by atoms with Gasteiger partial charge in [-0.3, -0.25) is 4.79 Å². The lowest BCUT2D eigenvalue weighted by Crippen LogP contribution is -2.14. The second-order valence-corrected chi connectivity index (χ2v) is 3.08. The Kier molecular flexibility index (Phi) is 4.43. The molecule has 0 fully saturated rings. The predicted molar refractivity (Wildman–Crippen MR) is 56.6 cm³/mol. The zero-order valence-electron chi connectivity index (χ0n) is 7.66. The lowest BCUT2D eigenvalue weighted by molar-refractivity contribution is -0.113. The third kappa shape index (κ3) is 3.01. The van der Waals surface area contributed by atoms with Crippen LogP contribution in [0.3, 0.4) is 0 Å². The van der Waals surface area contributed by atoms with Crippen molar-refractivity contribution < 1.29 is 9.90 Å². The first-order valence-electron chi connectivity index (χ1n) is 4.32. The molecule has 2 N–H and O–H groups in total. The number of carbonyl (C=O) groups excluding carboxylic acids is 1. The minimum atomic E-state index is -0.239. The molecule has 0 aliphatic heterocycles. The molecule has 1 aromatic rings. The summed E-state index contributed by atoms with van der Waals surface area (Å²) in [5, 5.41) is 11.5. The molecule has 0 bridgehead atoms. The highest BCUT2D eigenvalue weighted by molar-refractivity contribution is 6.29. The van der Waals surface area contributed by atoms with E-state index < -0.39 is 0 Å². The van der Waals surface area contributed by atoms with Gasteiger partial charge in [-0.1, -0.05) is 18.2 Å². The van der Waals surface area contributed by atoms with E-state index in [4.69, 9.17) is 16.7 Å². The second-order valence-electron chi connectivity index (χ2n) is 2.81. The number of halogens is 1. The van der Waals surface area contributed by atoms with Gasteiger partial charge in [-0.2, -0.15) is 0 Å². The number of benzene rings is 1. The van der Waals surface area contributed by atoms with Crippen LogP contribution in [0, 0.1) is 0 Å². The van der Waals surface area contributed by atoms with Crippen LogP contribution in [-0.4, -0.2) is 23.5 Å². The molecule has 0 aliphatic rings. The number of anilines is 1. The number of rotatable bonds is 4. The van der Waals surface area contributed by atoms with Crippen LogP contribution in [-0.2, 0) is 11.2 Å². The summed E-state index contributed by atoms with van der Waals surface area (Å²) in [6, 6.07) is 7.33. The zero-order chi connectivity index (χ0) is 10.4. The monoisotopic (exact) mass is 213 g/mol. The fraction of sp³-hybridized carbons (Fsp3) is 0.300. The number of alkyl halides is 1. The fourth-order valence-corrected chi connectivity index (χ4v) is 1.23. The van der Waals surface area contributed by atoms with Crippen LogP contribution in [0.1, 0.15) is 5.56 Å². The Morgan fingerprint density at radius 1 is 1.43 bits per heavy atom. The van der Waals surface area contributed by atoms with Crippen molar-refractivity contribution in [1.82, 2.24) is 0 Å². The van der Waals surface area contributed by atoms with Crippen molar-refractivity contribution in [2.24, 2.45) is 0 Å². The summed E-state index contributed by atoms with van der Waals surface area (Å²) >= 11 is 5.37. The quantitative estimate of drug-likeness (QED) is 0.743. The summed E-state index contributed by atoms with van der Waals surface area (Å²) in [6.45, 7) is 0.0633. The topological polar surface area (TPSA) is 49.3 Å². The first-order valence-corrected chi connectivity index (χ1v) is 4.86. The van der Waals surface area contributed by atoms with Gasteiger partial charge >= 0.3 is 0 Å². The van der Waals surface area contributed by atoms with Crippen LogP contribution in [0.15, 0.2) is 24.3 Å². The molecule has 0 aromatic heterocycles. The van der Waals surface area contributed by atoms with E-state index in [1.165, 1.54) is 0 Å². The van der Waals surface area contributed by atoms with Crippen molar-refractivity contribution in [3.8, 4) is 0 Å². The van der Waals surface area contributed by atoms with Gasteiger partial charge in [0, 0.05) is 12.3 Å². The summed E-state index contributed by atoms with van der Waals surface area (Å²) in [5.41, 5.74) is 1.63. The molecule has 0 aliphatic carbocycles. The van der Waals surface area contributed by atoms with E-state index in [9.17, 15) is 4.79 Å². The second kappa shape index (κ2) is 5.62. The van der Waals surface area contributed by atoms with E-state index in [1.54, 1.807) is 6.07 Å². The summed E-state index contributed by atoms with van der Waals surface area (Å²) < 4.78 is 0. The molecule has 0 saturated heterocycles. The number of aliphatic hydroxyl groups excluding tert-OH is 1. The Hall–Kier alpha value is -1.06. The molecule has 1 rings (SSSR count). The summed E-state index contributed by atoms with van der Waals surface area (Å²) in [5.74, 6) is -0.301. The third-order valence-corrected chi connectivity index (χ3v) is 2.04. The molecule has 14 heavy (non-hydrogen) atoms. The van der Waals surface area contributed by atoms with Gasteiger partial charge in [0.05, 0.1) is 0 Å². The summed E-state index contributed by atoms with van der Waals surface area (Å²) in [4.78, 5) is 11.0. The van der Waals surface area contributed by atoms with Crippen molar-refractivity contribution in [2.75, 3.05) is 17.8 Å². The molecule has 0 atom stereocenters. The lowest BCUT2D eigenvalue weighted by atomic mass is 10.1. The Morgan fingerprint density at radius 3 is 2.79 bits per heavy atom. The van der Waals surface area contributed by atoms with Crippen LogP contribution in [0.5, 0.6) is 0 Å². The molecule has 0 radical (unpaired) electrons. The molecule has 1 amide bonds. The van der Waals surface area contributed by atoms with Crippen LogP contribution in [0.4, 0.5) is 5.69 Å². The summed E-state index contributed by atoms with van der Waals surface area (Å²) in [6.07, 6.45) is 0.527. The maximum absolute atomic E-state index is 11.0. The highest BCUT2D eigenvalue weighted by atomic mass is 35.5. The van der Waals surface area contributed by atoms with E-state index in [1.807, 2.05) is 18.2 Å². The Balaban J connectivity index is 2.78. The van der Waals surface area contributed by atoms with Crippen molar-refractivity contribution in [3.05, 3.63) is 29.8 Å². The predicted octanol–water partition coefficient (Wildman–Crippen LogP) is 1.40. The molecule has 4 heteroatoms. The van der Waals surface area contributed by atoms with Crippen LogP contribution in [0.2, 0.25) is 0 Å². The molecule has 3 nitrogen and oxygen atoms in total. The maximum atomic E-state index is 11.0. The van der Waals surface area contributed by atoms with Gasteiger partial charge in [0.1, 0.15) is 5.88 Å². The number of hydrogen-bond acceptors (Lipinski definition) is 2. The van der Waals surface area contributed by atoms with E-state index in [0.717, 1.165) is 5.56 Å². The van der Waals surface area contributed by atoms with Crippen molar-refractivity contribution >= 4 is 23.2 Å². The SMILES string of the molecule is O=C(CCl)Nc1ccccc1CCO. The number of nitrogens with one attached hydrogen (secondary N) is 1. The van der Waals surface area contributed by atoms with Crippen molar-refractivity contribution in [1.29, 1.82) is 0 Å². The van der Waals surface area contributed by atoms with Gasteiger partial charge < -0.3 is 10.4 Å². The Morgan fingerprint density at radius 2 is 2.14 bits per heavy atom. The van der Waals surface area contributed by atoms with Gasteiger partial charge in [0.2, 0.25) is 5.91 Å². The van der Waals surface area contributed by atoms with Gasteiger partial charge in [0.25, 0.3) is 0 Å². The number of hydrogen-bond donors (Lipinski definition) is 2. The number of amides is 1. The Labute approximate surface area is 87.7 Å².